The summed E-state index contributed by atoms with van der Waals surface area (Å²) in [7, 11) is -3.43. The number of nitrogens with one attached hydrogen (secondary N) is 2. The Bertz CT molecular complexity index is 927. The highest BCUT2D eigenvalue weighted by Crippen LogP contribution is 2.21. The molecule has 3 rings (SSSR count). The maximum Gasteiger partial charge on any atom is 0.282 e. The van der Waals surface area contributed by atoms with E-state index in [-0.39, 0.29) is 24.9 Å². The second kappa shape index (κ2) is 11.4. The van der Waals surface area contributed by atoms with Gasteiger partial charge in [-0.3, -0.25) is 14.5 Å². The number of hydrogen-bond acceptors (Lipinski definition) is 5. The highest BCUT2D eigenvalue weighted by atomic mass is 32.2. The highest BCUT2D eigenvalue weighted by Gasteiger charge is 2.32. The van der Waals surface area contributed by atoms with Crippen molar-refractivity contribution < 1.29 is 18.0 Å². The van der Waals surface area contributed by atoms with Gasteiger partial charge in [0.15, 0.2) is 0 Å². The average molecular weight is 480 g/mol. The Balaban J connectivity index is 1.41. The first-order valence-corrected chi connectivity index (χ1v) is 13.2. The lowest BCUT2D eigenvalue weighted by Crippen LogP contribution is -2.54. The van der Waals surface area contributed by atoms with Crippen LogP contribution in [-0.2, 0) is 19.8 Å². The topological polar surface area (TPSA) is 102 Å². The largest absolute Gasteiger partial charge is 0.346 e. The molecule has 0 radical (unpaired) electrons. The second-order valence-corrected chi connectivity index (χ2v) is 11.0. The first-order chi connectivity index (χ1) is 15.7. The number of hydrogen-bond donors (Lipinski definition) is 2. The Morgan fingerprint density at radius 1 is 0.818 bits per heavy atom. The Morgan fingerprint density at radius 3 is 1.94 bits per heavy atom. The summed E-state index contributed by atoms with van der Waals surface area (Å²) in [5.41, 5.74) is 3.89. The Labute approximate surface area is 197 Å². The summed E-state index contributed by atoms with van der Waals surface area (Å²) in [4.78, 5) is 26.6. The molecule has 33 heavy (non-hydrogen) atoms. The predicted octanol–water partition coefficient (Wildman–Crippen LogP) is 1.40. The molecule has 2 N–H and O–H groups in total. The lowest BCUT2D eigenvalue weighted by Gasteiger charge is -2.36. The van der Waals surface area contributed by atoms with E-state index in [2.05, 4.69) is 10.6 Å². The molecule has 10 heteroatoms. The molecular weight excluding hydrogens is 442 g/mol. The summed E-state index contributed by atoms with van der Waals surface area (Å²) in [6.45, 7) is 8.86. The molecule has 1 aromatic carbocycles. The van der Waals surface area contributed by atoms with Crippen LogP contribution in [0.2, 0.25) is 0 Å². The average Bonchev–Trinajstić information content (AvgIpc) is 3.05. The third-order valence-corrected chi connectivity index (χ3v) is 8.34. The van der Waals surface area contributed by atoms with Crippen LogP contribution in [0.15, 0.2) is 12.1 Å². The molecule has 2 aliphatic heterocycles. The summed E-state index contributed by atoms with van der Waals surface area (Å²) in [5.74, 6) is -0.516. The lowest BCUT2D eigenvalue weighted by atomic mass is 10.1. The SMILES string of the molecule is Cc1cc(C)c(NC(=O)CNC(=O)CN2CCN(S(=O)(=O)N3CCCCCC3)CC2)c(C)c1. The van der Waals surface area contributed by atoms with Crippen molar-refractivity contribution in [2.75, 3.05) is 57.7 Å². The van der Waals surface area contributed by atoms with Crippen molar-refractivity contribution in [2.24, 2.45) is 0 Å². The van der Waals surface area contributed by atoms with E-state index in [1.54, 1.807) is 4.31 Å². The van der Waals surface area contributed by atoms with Crippen molar-refractivity contribution >= 4 is 27.7 Å². The van der Waals surface area contributed by atoms with E-state index in [9.17, 15) is 18.0 Å². The van der Waals surface area contributed by atoms with Crippen molar-refractivity contribution in [1.82, 2.24) is 18.8 Å². The molecule has 2 aliphatic rings. The molecule has 0 saturated carbocycles. The minimum Gasteiger partial charge on any atom is -0.346 e. The van der Waals surface area contributed by atoms with E-state index in [0.29, 0.717) is 39.3 Å². The molecule has 0 spiro atoms. The number of rotatable bonds is 7. The third-order valence-electron chi connectivity index (χ3n) is 6.30. The van der Waals surface area contributed by atoms with Crippen LogP contribution in [0.25, 0.3) is 0 Å². The van der Waals surface area contributed by atoms with Crippen LogP contribution >= 0.6 is 0 Å². The number of carbonyl (C=O) groups is 2. The zero-order valence-electron chi connectivity index (χ0n) is 20.0. The summed E-state index contributed by atoms with van der Waals surface area (Å²) in [5, 5.41) is 5.55. The van der Waals surface area contributed by atoms with E-state index in [1.807, 2.05) is 37.8 Å². The first-order valence-electron chi connectivity index (χ1n) is 11.8. The summed E-state index contributed by atoms with van der Waals surface area (Å²) in [6, 6.07) is 4.02. The van der Waals surface area contributed by atoms with Gasteiger partial charge in [-0.1, -0.05) is 30.5 Å². The maximum atomic E-state index is 12.9. The second-order valence-electron chi connectivity index (χ2n) is 9.09. The molecule has 184 valence electrons. The monoisotopic (exact) mass is 479 g/mol. The number of amides is 2. The Morgan fingerprint density at radius 2 is 1.36 bits per heavy atom. The van der Waals surface area contributed by atoms with Gasteiger partial charge in [-0.05, 0) is 44.7 Å². The van der Waals surface area contributed by atoms with Crippen LogP contribution in [0.4, 0.5) is 5.69 Å². The zero-order valence-corrected chi connectivity index (χ0v) is 20.8. The van der Waals surface area contributed by atoms with E-state index in [1.165, 1.54) is 4.31 Å². The molecule has 0 unspecified atom stereocenters. The lowest BCUT2D eigenvalue weighted by molar-refractivity contribution is -0.125. The smallest absolute Gasteiger partial charge is 0.282 e. The van der Waals surface area contributed by atoms with Gasteiger partial charge in [-0.15, -0.1) is 0 Å². The maximum absolute atomic E-state index is 12.9. The van der Waals surface area contributed by atoms with Crippen molar-refractivity contribution in [3.8, 4) is 0 Å². The summed E-state index contributed by atoms with van der Waals surface area (Å²) >= 11 is 0. The van der Waals surface area contributed by atoms with Gasteiger partial charge >= 0.3 is 0 Å². The van der Waals surface area contributed by atoms with Gasteiger partial charge in [-0.2, -0.15) is 17.0 Å². The molecule has 0 aromatic heterocycles. The van der Waals surface area contributed by atoms with Crippen molar-refractivity contribution in [3.05, 3.63) is 28.8 Å². The zero-order chi connectivity index (χ0) is 24.0. The Hall–Kier alpha value is -2.01. The fraction of sp³-hybridized carbons (Fsp3) is 0.652. The number of nitrogens with zero attached hydrogens (tertiary/aromatic N) is 3. The molecule has 0 bridgehead atoms. The summed E-state index contributed by atoms with van der Waals surface area (Å²) < 4.78 is 29.0. The molecule has 2 amide bonds. The highest BCUT2D eigenvalue weighted by molar-refractivity contribution is 7.86. The van der Waals surface area contributed by atoms with Crippen molar-refractivity contribution in [2.45, 2.75) is 46.5 Å². The van der Waals surface area contributed by atoms with Gasteiger partial charge in [-0.25, -0.2) is 0 Å². The van der Waals surface area contributed by atoms with E-state index in [0.717, 1.165) is 48.1 Å². The number of piperazine rings is 1. The summed E-state index contributed by atoms with van der Waals surface area (Å²) in [6.07, 6.45) is 3.99. The third kappa shape index (κ3) is 6.99. The number of aryl methyl sites for hydroxylation is 3. The normalized spacial score (nSPS) is 19.1. The van der Waals surface area contributed by atoms with Gasteiger partial charge < -0.3 is 10.6 Å². The van der Waals surface area contributed by atoms with Crippen LogP contribution in [0, 0.1) is 20.8 Å². The minimum absolute atomic E-state index is 0.102. The van der Waals surface area contributed by atoms with Gasteiger partial charge in [0.05, 0.1) is 13.1 Å². The van der Waals surface area contributed by atoms with E-state index < -0.39 is 10.2 Å². The van der Waals surface area contributed by atoms with Crippen molar-refractivity contribution in [3.63, 3.8) is 0 Å². The predicted molar refractivity (Wildman–Crippen MR) is 129 cm³/mol. The number of carbonyl (C=O) groups excluding carboxylic acids is 2. The van der Waals surface area contributed by atoms with Gasteiger partial charge in [0, 0.05) is 45.0 Å². The molecular formula is C23H37N5O4S. The van der Waals surface area contributed by atoms with Gasteiger partial charge in [0.25, 0.3) is 10.2 Å². The van der Waals surface area contributed by atoms with Crippen LogP contribution < -0.4 is 10.6 Å². The van der Waals surface area contributed by atoms with Crippen molar-refractivity contribution in [1.29, 1.82) is 0 Å². The molecule has 0 aliphatic carbocycles. The number of anilines is 1. The van der Waals surface area contributed by atoms with E-state index >= 15 is 0 Å². The molecule has 2 heterocycles. The van der Waals surface area contributed by atoms with Crippen LogP contribution in [-0.4, -0.2) is 86.1 Å². The molecule has 0 atom stereocenters. The fourth-order valence-electron chi connectivity index (χ4n) is 4.55. The van der Waals surface area contributed by atoms with E-state index in [4.69, 9.17) is 0 Å². The molecule has 9 nitrogen and oxygen atoms in total. The van der Waals surface area contributed by atoms with Gasteiger partial charge in [0.1, 0.15) is 0 Å². The molecule has 2 saturated heterocycles. The Kier molecular flexibility index (Phi) is 8.86. The number of benzene rings is 1. The van der Waals surface area contributed by atoms with Crippen LogP contribution in [0.1, 0.15) is 42.4 Å². The minimum atomic E-state index is -3.43. The standard InChI is InChI=1S/C23H37N5O4S/c1-18-14-19(2)23(20(3)15-18)25-21(29)16-24-22(30)17-26-10-12-28(13-11-26)33(31,32)27-8-6-4-5-7-9-27/h14-15H,4-13,16-17H2,1-3H3,(H,24,30)(H,25,29). The quantitative estimate of drug-likeness (QED) is 0.616. The van der Waals surface area contributed by atoms with Crippen LogP contribution in [0.3, 0.4) is 0 Å². The van der Waals surface area contributed by atoms with Crippen LogP contribution in [0.5, 0.6) is 0 Å². The van der Waals surface area contributed by atoms with Gasteiger partial charge in [0.2, 0.25) is 11.8 Å². The fourth-order valence-corrected chi connectivity index (χ4v) is 6.22. The molecule has 2 fully saturated rings. The molecule has 1 aromatic rings. The first kappa shape index (κ1) is 25.6.